The van der Waals surface area contributed by atoms with Gasteiger partial charge in [0.15, 0.2) is 0 Å². The number of hydrogen-bond acceptors (Lipinski definition) is 3. The highest BCUT2D eigenvalue weighted by Gasteiger charge is 2.30. The third-order valence-electron chi connectivity index (χ3n) is 4.71. The van der Waals surface area contributed by atoms with Crippen LogP contribution in [0.15, 0.2) is 48.5 Å². The van der Waals surface area contributed by atoms with Crippen LogP contribution in [-0.2, 0) is 19.3 Å². The summed E-state index contributed by atoms with van der Waals surface area (Å²) in [5.41, 5.74) is 1.24. The van der Waals surface area contributed by atoms with Crippen LogP contribution in [0.4, 0.5) is 22.0 Å². The highest BCUT2D eigenvalue weighted by Crippen LogP contribution is 2.29. The number of hydrogen-bond donors (Lipinski definition) is 0. The van der Waals surface area contributed by atoms with Gasteiger partial charge in [-0.15, -0.1) is 0 Å². The van der Waals surface area contributed by atoms with E-state index in [9.17, 15) is 22.0 Å². The molecule has 0 saturated carbocycles. The molecule has 28 heavy (non-hydrogen) atoms. The van der Waals surface area contributed by atoms with Crippen LogP contribution in [0.1, 0.15) is 16.7 Å². The fourth-order valence-corrected chi connectivity index (χ4v) is 3.20. The molecule has 1 heterocycles. The lowest BCUT2D eigenvalue weighted by atomic mass is 10.1. The summed E-state index contributed by atoms with van der Waals surface area (Å²) >= 11 is 0. The topological polar surface area (TPSA) is 15.7 Å². The average molecular weight is 400 g/mol. The van der Waals surface area contributed by atoms with Gasteiger partial charge < -0.3 is 4.74 Å². The number of halogens is 5. The largest absolute Gasteiger partial charge is 0.435 e. The first-order valence-corrected chi connectivity index (χ1v) is 8.94. The molecule has 3 nitrogen and oxygen atoms in total. The lowest BCUT2D eigenvalue weighted by Gasteiger charge is -2.34. The molecule has 1 fully saturated rings. The van der Waals surface area contributed by atoms with Gasteiger partial charge in [-0.05, 0) is 35.4 Å². The Morgan fingerprint density at radius 2 is 1.18 bits per heavy atom. The zero-order chi connectivity index (χ0) is 20.1. The van der Waals surface area contributed by atoms with Gasteiger partial charge in [-0.1, -0.05) is 24.3 Å². The number of rotatable bonds is 6. The molecule has 0 spiro atoms. The van der Waals surface area contributed by atoms with E-state index in [1.165, 1.54) is 24.3 Å². The van der Waals surface area contributed by atoms with E-state index in [0.717, 1.165) is 49.4 Å². The van der Waals surface area contributed by atoms with Crippen molar-refractivity contribution in [1.29, 1.82) is 0 Å². The van der Waals surface area contributed by atoms with Crippen molar-refractivity contribution in [3.8, 4) is 5.75 Å². The standard InChI is InChI=1S/C20H21F5N2O/c21-19(22)28-18-7-3-16(4-8-18)14-27-11-9-26(10-12-27)13-15-1-5-17(6-2-15)20(23,24)25/h1-8,19H,9-14H2. The van der Waals surface area contributed by atoms with E-state index in [-0.39, 0.29) is 5.75 Å². The number of nitrogens with zero attached hydrogens (tertiary/aromatic N) is 2. The Morgan fingerprint density at radius 3 is 1.57 bits per heavy atom. The molecule has 1 aliphatic rings. The normalized spacial score (nSPS) is 16.5. The van der Waals surface area contributed by atoms with E-state index in [1.807, 2.05) is 0 Å². The van der Waals surface area contributed by atoms with Crippen molar-refractivity contribution in [2.24, 2.45) is 0 Å². The van der Waals surface area contributed by atoms with E-state index in [2.05, 4.69) is 14.5 Å². The molecule has 2 aromatic rings. The molecule has 0 atom stereocenters. The number of benzene rings is 2. The van der Waals surface area contributed by atoms with E-state index in [4.69, 9.17) is 0 Å². The lowest BCUT2D eigenvalue weighted by Crippen LogP contribution is -2.45. The second kappa shape index (κ2) is 8.87. The van der Waals surface area contributed by atoms with E-state index < -0.39 is 18.4 Å². The summed E-state index contributed by atoms with van der Waals surface area (Å²) in [5.74, 6) is 0.139. The monoisotopic (exact) mass is 400 g/mol. The van der Waals surface area contributed by atoms with Gasteiger partial charge in [0.25, 0.3) is 0 Å². The van der Waals surface area contributed by atoms with Gasteiger partial charge in [0.1, 0.15) is 5.75 Å². The van der Waals surface area contributed by atoms with Crippen LogP contribution in [0.25, 0.3) is 0 Å². The maximum atomic E-state index is 12.6. The van der Waals surface area contributed by atoms with Crippen molar-refractivity contribution in [3.05, 3.63) is 65.2 Å². The van der Waals surface area contributed by atoms with Gasteiger partial charge >= 0.3 is 12.8 Å². The first-order chi connectivity index (χ1) is 13.3. The Morgan fingerprint density at radius 1 is 0.750 bits per heavy atom. The summed E-state index contributed by atoms with van der Waals surface area (Å²) in [6.07, 6.45) is -4.31. The Labute approximate surface area is 160 Å². The molecule has 0 aromatic heterocycles. The predicted octanol–water partition coefficient (Wildman–Crippen LogP) is 4.62. The quantitative estimate of drug-likeness (QED) is 0.658. The van der Waals surface area contributed by atoms with Crippen molar-refractivity contribution in [2.75, 3.05) is 26.2 Å². The van der Waals surface area contributed by atoms with Gasteiger partial charge in [-0.3, -0.25) is 9.80 Å². The minimum absolute atomic E-state index is 0.139. The highest BCUT2D eigenvalue weighted by molar-refractivity contribution is 5.27. The summed E-state index contributed by atoms with van der Waals surface area (Å²) in [7, 11) is 0. The molecule has 0 bridgehead atoms. The van der Waals surface area contributed by atoms with E-state index in [0.29, 0.717) is 13.1 Å². The second-order valence-corrected chi connectivity index (χ2v) is 6.77. The zero-order valence-corrected chi connectivity index (χ0v) is 15.1. The molecule has 152 valence electrons. The smallest absolute Gasteiger partial charge is 0.416 e. The fourth-order valence-electron chi connectivity index (χ4n) is 3.20. The SMILES string of the molecule is FC(F)Oc1ccc(CN2CCN(Cc3ccc(C(F)(F)F)cc3)CC2)cc1. The molecular formula is C20H21F5N2O. The first-order valence-electron chi connectivity index (χ1n) is 8.94. The second-order valence-electron chi connectivity index (χ2n) is 6.77. The molecule has 0 amide bonds. The molecule has 0 aliphatic carbocycles. The van der Waals surface area contributed by atoms with Crippen LogP contribution in [0.5, 0.6) is 5.75 Å². The summed E-state index contributed by atoms with van der Waals surface area (Å²) < 4.78 is 66.6. The van der Waals surface area contributed by atoms with Gasteiger partial charge in [-0.25, -0.2) is 0 Å². The van der Waals surface area contributed by atoms with Crippen LogP contribution in [0, 0.1) is 0 Å². The minimum Gasteiger partial charge on any atom is -0.435 e. The lowest BCUT2D eigenvalue weighted by molar-refractivity contribution is -0.137. The molecule has 0 radical (unpaired) electrons. The predicted molar refractivity (Wildman–Crippen MR) is 95.1 cm³/mol. The Bertz CT molecular complexity index is 739. The van der Waals surface area contributed by atoms with Crippen molar-refractivity contribution in [3.63, 3.8) is 0 Å². The molecular weight excluding hydrogens is 379 g/mol. The number of piperazine rings is 1. The Kier molecular flexibility index (Phi) is 6.51. The van der Waals surface area contributed by atoms with Crippen molar-refractivity contribution in [2.45, 2.75) is 25.9 Å². The molecule has 8 heteroatoms. The first kappa shape index (κ1) is 20.5. The maximum absolute atomic E-state index is 12.6. The molecule has 1 saturated heterocycles. The summed E-state index contributed by atoms with van der Waals surface area (Å²) in [6.45, 7) is 1.78. The van der Waals surface area contributed by atoms with Gasteiger partial charge in [-0.2, -0.15) is 22.0 Å². The maximum Gasteiger partial charge on any atom is 0.416 e. The van der Waals surface area contributed by atoms with Gasteiger partial charge in [0.05, 0.1) is 5.56 Å². The minimum atomic E-state index is -4.31. The van der Waals surface area contributed by atoms with Crippen LogP contribution in [0.3, 0.4) is 0 Å². The van der Waals surface area contributed by atoms with Crippen molar-refractivity contribution < 1.29 is 26.7 Å². The fraction of sp³-hybridized carbons (Fsp3) is 0.400. The van der Waals surface area contributed by atoms with E-state index >= 15 is 0 Å². The van der Waals surface area contributed by atoms with Crippen LogP contribution < -0.4 is 4.74 Å². The molecule has 1 aliphatic heterocycles. The molecule has 3 rings (SSSR count). The van der Waals surface area contributed by atoms with Crippen LogP contribution in [-0.4, -0.2) is 42.6 Å². The Balaban J connectivity index is 1.45. The number of alkyl halides is 5. The average Bonchev–Trinajstić information content (AvgIpc) is 2.64. The Hall–Kier alpha value is -2.19. The van der Waals surface area contributed by atoms with Crippen molar-refractivity contribution in [1.82, 2.24) is 9.80 Å². The highest BCUT2D eigenvalue weighted by atomic mass is 19.4. The van der Waals surface area contributed by atoms with Gasteiger partial charge in [0, 0.05) is 39.3 Å². The zero-order valence-electron chi connectivity index (χ0n) is 15.1. The molecule has 2 aromatic carbocycles. The summed E-state index contributed by atoms with van der Waals surface area (Å²) in [4.78, 5) is 4.46. The van der Waals surface area contributed by atoms with Crippen LogP contribution in [0.2, 0.25) is 0 Å². The number of ether oxygens (including phenoxy) is 1. The van der Waals surface area contributed by atoms with E-state index in [1.54, 1.807) is 12.1 Å². The summed E-state index contributed by atoms with van der Waals surface area (Å²) in [6, 6.07) is 11.9. The third-order valence-corrected chi connectivity index (χ3v) is 4.71. The van der Waals surface area contributed by atoms with Crippen molar-refractivity contribution >= 4 is 0 Å². The van der Waals surface area contributed by atoms with Crippen LogP contribution >= 0.6 is 0 Å². The van der Waals surface area contributed by atoms with Gasteiger partial charge in [0.2, 0.25) is 0 Å². The third kappa shape index (κ3) is 5.90. The summed E-state index contributed by atoms with van der Waals surface area (Å²) in [5, 5.41) is 0. The molecule has 0 unspecified atom stereocenters. The molecule has 0 N–H and O–H groups in total.